The van der Waals surface area contributed by atoms with Crippen LogP contribution in [0.1, 0.15) is 47.2 Å². The van der Waals surface area contributed by atoms with Crippen LogP contribution in [0.2, 0.25) is 0 Å². The second-order valence-corrected chi connectivity index (χ2v) is 13.0. The highest BCUT2D eigenvalue weighted by molar-refractivity contribution is 5.98. The third kappa shape index (κ3) is 3.61. The van der Waals surface area contributed by atoms with Crippen LogP contribution in [-0.4, -0.2) is 0 Å². The van der Waals surface area contributed by atoms with Crippen molar-refractivity contribution in [2.75, 3.05) is 5.32 Å². The highest BCUT2D eigenvalue weighted by atomic mass is 14.9. The Hall–Kier alpha value is -5.40. The molecule has 0 saturated carbocycles. The molecule has 214 valence electrons. The van der Waals surface area contributed by atoms with Gasteiger partial charge in [-0.2, -0.15) is 0 Å². The van der Waals surface area contributed by atoms with Gasteiger partial charge in [-0.05, 0) is 90.7 Å². The van der Waals surface area contributed by atoms with E-state index in [2.05, 4.69) is 177 Å². The molecular weight excluding hydrogens is 542 g/mol. The molecule has 2 aliphatic carbocycles. The third-order valence-electron chi connectivity index (χ3n) is 10.3. The summed E-state index contributed by atoms with van der Waals surface area (Å²) in [5.74, 6) is 0. The van der Waals surface area contributed by atoms with Crippen molar-refractivity contribution in [3.8, 4) is 22.3 Å². The Morgan fingerprint density at radius 3 is 1.80 bits per heavy atom. The van der Waals surface area contributed by atoms with Crippen molar-refractivity contribution in [2.24, 2.45) is 0 Å². The molecule has 9 rings (SSSR count). The van der Waals surface area contributed by atoms with E-state index in [1.165, 1.54) is 66.4 Å². The van der Waals surface area contributed by atoms with Gasteiger partial charge < -0.3 is 5.32 Å². The van der Waals surface area contributed by atoms with Gasteiger partial charge >= 0.3 is 0 Å². The third-order valence-corrected chi connectivity index (χ3v) is 10.3. The van der Waals surface area contributed by atoms with Crippen LogP contribution in [0.25, 0.3) is 33.0 Å². The van der Waals surface area contributed by atoms with Gasteiger partial charge in [-0.1, -0.05) is 147 Å². The minimum atomic E-state index is -0.408. The van der Waals surface area contributed by atoms with Crippen molar-refractivity contribution in [3.63, 3.8) is 0 Å². The average Bonchev–Trinajstić information content (AvgIpc) is 3.52. The van der Waals surface area contributed by atoms with Gasteiger partial charge in [-0.15, -0.1) is 0 Å². The van der Waals surface area contributed by atoms with Gasteiger partial charge in [0.05, 0.1) is 5.41 Å². The first kappa shape index (κ1) is 26.0. The van der Waals surface area contributed by atoms with E-state index in [1.54, 1.807) is 0 Å². The minimum absolute atomic E-state index is 0.0975. The molecule has 1 nitrogen and oxygen atoms in total. The summed E-state index contributed by atoms with van der Waals surface area (Å²) in [5.41, 5.74) is 15.0. The van der Waals surface area contributed by atoms with Crippen LogP contribution < -0.4 is 5.32 Å². The molecule has 7 aromatic rings. The van der Waals surface area contributed by atoms with Crippen LogP contribution in [0.5, 0.6) is 0 Å². The fourth-order valence-corrected chi connectivity index (χ4v) is 8.39. The lowest BCUT2D eigenvalue weighted by molar-refractivity contribution is 0.666. The van der Waals surface area contributed by atoms with E-state index >= 15 is 0 Å². The standard InChI is InChI=1S/C44H33N/c1-43(2)41-28-33(24-26-37(41)38-25-23-29-13-6-7-18-34(29)42(38)43)45-32-17-12-16-31(27-32)44(30-14-4-3-5-15-30)39-21-10-8-19-35(39)36-20-9-11-22-40(36)44/h3-28,45H,1-2H3. The maximum absolute atomic E-state index is 3.82. The second kappa shape index (κ2) is 9.55. The minimum Gasteiger partial charge on any atom is -0.356 e. The summed E-state index contributed by atoms with van der Waals surface area (Å²) in [5, 5.41) is 6.47. The highest BCUT2D eigenvalue weighted by Gasteiger charge is 2.46. The Morgan fingerprint density at radius 1 is 0.422 bits per heavy atom. The van der Waals surface area contributed by atoms with Crippen molar-refractivity contribution in [1.82, 2.24) is 0 Å². The average molecular weight is 576 g/mol. The van der Waals surface area contributed by atoms with Crippen LogP contribution >= 0.6 is 0 Å². The zero-order valence-electron chi connectivity index (χ0n) is 25.5. The first-order chi connectivity index (χ1) is 22.1. The molecular formula is C44H33N. The smallest absolute Gasteiger partial charge is 0.0714 e. The van der Waals surface area contributed by atoms with Gasteiger partial charge in [0.25, 0.3) is 0 Å². The molecule has 0 unspecified atom stereocenters. The molecule has 1 N–H and O–H groups in total. The van der Waals surface area contributed by atoms with Crippen LogP contribution in [0.4, 0.5) is 11.4 Å². The second-order valence-electron chi connectivity index (χ2n) is 13.0. The zero-order valence-corrected chi connectivity index (χ0v) is 25.5. The van der Waals surface area contributed by atoms with Crippen molar-refractivity contribution in [2.45, 2.75) is 24.7 Å². The number of nitrogens with one attached hydrogen (secondary N) is 1. The van der Waals surface area contributed by atoms with E-state index in [-0.39, 0.29) is 5.41 Å². The number of benzene rings is 7. The molecule has 0 spiro atoms. The summed E-state index contributed by atoms with van der Waals surface area (Å²) in [7, 11) is 0. The summed E-state index contributed by atoms with van der Waals surface area (Å²) < 4.78 is 0. The highest BCUT2D eigenvalue weighted by Crippen LogP contribution is 2.56. The van der Waals surface area contributed by atoms with E-state index in [0.717, 1.165) is 11.4 Å². The van der Waals surface area contributed by atoms with Crippen molar-refractivity contribution >= 4 is 22.1 Å². The predicted octanol–water partition coefficient (Wildman–Crippen LogP) is 11.3. The Balaban J connectivity index is 1.17. The quantitative estimate of drug-likeness (QED) is 0.220. The predicted molar refractivity (Wildman–Crippen MR) is 189 cm³/mol. The first-order valence-corrected chi connectivity index (χ1v) is 15.9. The van der Waals surface area contributed by atoms with Gasteiger partial charge in [0.15, 0.2) is 0 Å². The maximum Gasteiger partial charge on any atom is 0.0714 e. The molecule has 0 saturated heterocycles. The molecule has 1 heteroatoms. The molecule has 2 aliphatic rings. The lowest BCUT2D eigenvalue weighted by atomic mass is 9.67. The number of fused-ring (bicyclic) bond motifs is 8. The number of anilines is 2. The van der Waals surface area contributed by atoms with Crippen molar-refractivity contribution < 1.29 is 0 Å². The Morgan fingerprint density at radius 2 is 1.02 bits per heavy atom. The van der Waals surface area contributed by atoms with Crippen molar-refractivity contribution in [3.05, 3.63) is 191 Å². The lowest BCUT2D eigenvalue weighted by Crippen LogP contribution is -2.28. The first-order valence-electron chi connectivity index (χ1n) is 15.9. The molecule has 7 aromatic carbocycles. The van der Waals surface area contributed by atoms with Gasteiger partial charge in [-0.25, -0.2) is 0 Å². The van der Waals surface area contributed by atoms with Gasteiger partial charge in [0.2, 0.25) is 0 Å². The van der Waals surface area contributed by atoms with Gasteiger partial charge in [0, 0.05) is 16.8 Å². The van der Waals surface area contributed by atoms with E-state index < -0.39 is 5.41 Å². The van der Waals surface area contributed by atoms with Crippen molar-refractivity contribution in [1.29, 1.82) is 0 Å². The van der Waals surface area contributed by atoms with E-state index in [4.69, 9.17) is 0 Å². The van der Waals surface area contributed by atoms with Gasteiger partial charge in [0.1, 0.15) is 0 Å². The fraction of sp³-hybridized carbons (Fsp3) is 0.0909. The topological polar surface area (TPSA) is 12.0 Å². The summed E-state index contributed by atoms with van der Waals surface area (Å²) in [6.45, 7) is 4.74. The SMILES string of the molecule is CC1(C)c2cc(Nc3cccc(C4(c5ccccc5)c5ccccc5-c5ccccc54)c3)ccc2-c2ccc3ccccc3c21. The number of rotatable bonds is 4. The van der Waals surface area contributed by atoms with Crippen LogP contribution in [0.3, 0.4) is 0 Å². The molecule has 0 amide bonds. The number of hydrogen-bond acceptors (Lipinski definition) is 1. The molecule has 0 heterocycles. The van der Waals surface area contributed by atoms with E-state index in [9.17, 15) is 0 Å². The molecule has 0 fully saturated rings. The lowest BCUT2D eigenvalue weighted by Gasteiger charge is -2.34. The molecule has 0 aliphatic heterocycles. The largest absolute Gasteiger partial charge is 0.356 e. The Bertz CT molecular complexity index is 2230. The molecule has 0 bridgehead atoms. The summed E-state index contributed by atoms with van der Waals surface area (Å²) in [6.07, 6.45) is 0. The maximum atomic E-state index is 3.82. The number of hydrogen-bond donors (Lipinski definition) is 1. The molecule has 0 atom stereocenters. The summed E-state index contributed by atoms with van der Waals surface area (Å²) in [6, 6.07) is 58.1. The molecule has 0 aromatic heterocycles. The van der Waals surface area contributed by atoms with Crippen LogP contribution in [-0.2, 0) is 10.8 Å². The zero-order chi connectivity index (χ0) is 30.2. The Kier molecular flexibility index (Phi) is 5.53. The fourth-order valence-electron chi connectivity index (χ4n) is 8.39. The van der Waals surface area contributed by atoms with Crippen LogP contribution in [0, 0.1) is 0 Å². The Labute approximate surface area is 264 Å². The summed E-state index contributed by atoms with van der Waals surface area (Å²) >= 11 is 0. The van der Waals surface area contributed by atoms with Gasteiger partial charge in [-0.3, -0.25) is 0 Å². The molecule has 45 heavy (non-hydrogen) atoms. The van der Waals surface area contributed by atoms with E-state index in [0.29, 0.717) is 0 Å². The van der Waals surface area contributed by atoms with E-state index in [1.807, 2.05) is 0 Å². The summed E-state index contributed by atoms with van der Waals surface area (Å²) in [4.78, 5) is 0. The molecule has 0 radical (unpaired) electrons. The monoisotopic (exact) mass is 575 g/mol. The van der Waals surface area contributed by atoms with Crippen LogP contribution in [0.15, 0.2) is 158 Å². The normalized spacial score (nSPS) is 14.8.